The fourth-order valence-corrected chi connectivity index (χ4v) is 4.88. The molecule has 2 amide bonds. The number of anilines is 2. The molecule has 5 rings (SSSR count). The number of nitrogens with zero attached hydrogens (tertiary/aromatic N) is 5. The number of carbonyl (C=O) groups is 2. The number of nitrogens with one attached hydrogen (secondary N) is 2. The molecule has 2 aromatic heterocycles. The van der Waals surface area contributed by atoms with E-state index in [0.717, 1.165) is 24.0 Å². The summed E-state index contributed by atoms with van der Waals surface area (Å²) in [6.07, 6.45) is 5.36. The van der Waals surface area contributed by atoms with E-state index < -0.39 is 0 Å². The van der Waals surface area contributed by atoms with Crippen molar-refractivity contribution in [2.24, 2.45) is 5.92 Å². The highest BCUT2D eigenvalue weighted by molar-refractivity contribution is 5.94. The van der Waals surface area contributed by atoms with Crippen molar-refractivity contribution >= 4 is 29.1 Å². The van der Waals surface area contributed by atoms with Crippen LogP contribution in [0.2, 0.25) is 0 Å². The average Bonchev–Trinajstić information content (AvgIpc) is 3.60. The van der Waals surface area contributed by atoms with Gasteiger partial charge >= 0.3 is 6.01 Å². The molecule has 2 saturated heterocycles. The fourth-order valence-electron chi connectivity index (χ4n) is 4.88. The number of hydrogen-bond donors (Lipinski definition) is 2. The van der Waals surface area contributed by atoms with Crippen LogP contribution in [0.15, 0.2) is 43.1 Å². The summed E-state index contributed by atoms with van der Waals surface area (Å²) in [5, 5.41) is 10.9. The molecule has 1 atom stereocenters. The fraction of sp³-hybridized carbons (Fsp3) is 0.464. The van der Waals surface area contributed by atoms with Crippen LogP contribution in [0.25, 0.3) is 5.65 Å². The normalized spacial score (nSPS) is 17.9. The Labute approximate surface area is 227 Å². The minimum atomic E-state index is -0.242. The summed E-state index contributed by atoms with van der Waals surface area (Å²) < 4.78 is 13.3. The molecule has 11 nitrogen and oxygen atoms in total. The molecule has 2 aliphatic heterocycles. The number of rotatable bonds is 9. The SMILES string of the molecule is C=CC(=O)N1CCC(C(=O)Nc2cccc(CNc3nc(OC4CCOCC4)nc4c(C(C)C)cnn34)c2)C1. The number of aromatic nitrogens is 4. The Morgan fingerprint density at radius 1 is 1.23 bits per heavy atom. The molecule has 1 aromatic carbocycles. The minimum absolute atomic E-state index is 0.0154. The monoisotopic (exact) mass is 533 g/mol. The molecule has 3 aromatic rings. The van der Waals surface area contributed by atoms with Crippen molar-refractivity contribution in [3.8, 4) is 6.01 Å². The topological polar surface area (TPSA) is 123 Å². The van der Waals surface area contributed by atoms with Gasteiger partial charge in [-0.05, 0) is 36.1 Å². The predicted molar refractivity (Wildman–Crippen MR) is 147 cm³/mol. The first kappa shape index (κ1) is 26.6. The largest absolute Gasteiger partial charge is 0.460 e. The number of benzene rings is 1. The number of carbonyl (C=O) groups excluding carboxylic acids is 2. The van der Waals surface area contributed by atoms with E-state index in [2.05, 4.69) is 46.1 Å². The van der Waals surface area contributed by atoms with E-state index in [0.29, 0.717) is 62.6 Å². The van der Waals surface area contributed by atoms with Crippen LogP contribution in [0.5, 0.6) is 6.01 Å². The Balaban J connectivity index is 1.29. The van der Waals surface area contributed by atoms with Gasteiger partial charge in [-0.3, -0.25) is 9.59 Å². The molecular formula is C28H35N7O4. The van der Waals surface area contributed by atoms with Crippen LogP contribution in [0.1, 0.15) is 50.2 Å². The Morgan fingerprint density at radius 2 is 2.05 bits per heavy atom. The lowest BCUT2D eigenvalue weighted by Crippen LogP contribution is -2.30. The number of ether oxygens (including phenoxy) is 2. The van der Waals surface area contributed by atoms with Crippen LogP contribution < -0.4 is 15.4 Å². The molecule has 0 bridgehead atoms. The van der Waals surface area contributed by atoms with E-state index >= 15 is 0 Å². The van der Waals surface area contributed by atoms with Crippen molar-refractivity contribution in [3.63, 3.8) is 0 Å². The molecule has 0 radical (unpaired) electrons. The Kier molecular flexibility index (Phi) is 8.06. The molecule has 2 N–H and O–H groups in total. The number of fused-ring (bicyclic) bond motifs is 1. The molecular weight excluding hydrogens is 498 g/mol. The molecule has 0 spiro atoms. The van der Waals surface area contributed by atoms with Gasteiger partial charge in [-0.1, -0.05) is 32.6 Å². The van der Waals surface area contributed by atoms with E-state index in [1.54, 1.807) is 9.42 Å². The van der Waals surface area contributed by atoms with Gasteiger partial charge in [0.2, 0.25) is 17.8 Å². The molecule has 2 fully saturated rings. The van der Waals surface area contributed by atoms with Gasteiger partial charge in [0.15, 0.2) is 5.65 Å². The van der Waals surface area contributed by atoms with Crippen LogP contribution in [-0.2, 0) is 20.9 Å². The Bertz CT molecular complexity index is 1350. The van der Waals surface area contributed by atoms with E-state index in [1.165, 1.54) is 6.08 Å². The maximum absolute atomic E-state index is 12.8. The predicted octanol–water partition coefficient (Wildman–Crippen LogP) is 3.39. The molecule has 1 unspecified atom stereocenters. The summed E-state index contributed by atoms with van der Waals surface area (Å²) in [5.41, 5.74) is 3.39. The zero-order valence-corrected chi connectivity index (χ0v) is 22.4. The van der Waals surface area contributed by atoms with Crippen molar-refractivity contribution in [2.75, 3.05) is 36.9 Å². The van der Waals surface area contributed by atoms with E-state index in [4.69, 9.17) is 9.47 Å². The lowest BCUT2D eigenvalue weighted by atomic mass is 10.1. The van der Waals surface area contributed by atoms with Crippen molar-refractivity contribution in [3.05, 3.63) is 54.2 Å². The first-order chi connectivity index (χ1) is 18.9. The molecule has 2 aliphatic rings. The molecule has 4 heterocycles. The van der Waals surface area contributed by atoms with E-state index in [9.17, 15) is 9.59 Å². The van der Waals surface area contributed by atoms with Crippen molar-refractivity contribution in [1.29, 1.82) is 0 Å². The molecule has 0 aliphatic carbocycles. The number of likely N-dealkylation sites (tertiary alicyclic amines) is 1. The van der Waals surface area contributed by atoms with Gasteiger partial charge in [0.1, 0.15) is 6.10 Å². The van der Waals surface area contributed by atoms with Gasteiger partial charge < -0.3 is 25.0 Å². The maximum Gasteiger partial charge on any atom is 0.322 e. The minimum Gasteiger partial charge on any atom is -0.460 e. The third-order valence-corrected chi connectivity index (χ3v) is 7.13. The smallest absolute Gasteiger partial charge is 0.322 e. The van der Waals surface area contributed by atoms with Gasteiger partial charge in [0.25, 0.3) is 0 Å². The summed E-state index contributed by atoms with van der Waals surface area (Å²) in [6.45, 7) is 10.5. The third-order valence-electron chi connectivity index (χ3n) is 7.13. The van der Waals surface area contributed by atoms with Crippen LogP contribution >= 0.6 is 0 Å². The van der Waals surface area contributed by atoms with Crippen LogP contribution in [-0.4, -0.2) is 68.7 Å². The first-order valence-electron chi connectivity index (χ1n) is 13.5. The van der Waals surface area contributed by atoms with Gasteiger partial charge in [-0.25, -0.2) is 0 Å². The van der Waals surface area contributed by atoms with Gasteiger partial charge in [0, 0.05) is 43.7 Å². The number of hydrogen-bond acceptors (Lipinski definition) is 8. The second-order valence-corrected chi connectivity index (χ2v) is 10.3. The Morgan fingerprint density at radius 3 is 2.82 bits per heavy atom. The molecule has 0 saturated carbocycles. The lowest BCUT2D eigenvalue weighted by Gasteiger charge is -2.22. The van der Waals surface area contributed by atoms with Gasteiger partial charge in [-0.15, -0.1) is 0 Å². The van der Waals surface area contributed by atoms with Crippen molar-refractivity contribution in [1.82, 2.24) is 24.5 Å². The summed E-state index contributed by atoms with van der Waals surface area (Å²) in [4.78, 5) is 35.7. The van der Waals surface area contributed by atoms with Crippen molar-refractivity contribution < 1.29 is 19.1 Å². The zero-order chi connectivity index (χ0) is 27.4. The van der Waals surface area contributed by atoms with Gasteiger partial charge in [0.05, 0.1) is 25.3 Å². The van der Waals surface area contributed by atoms with E-state index in [1.807, 2.05) is 30.5 Å². The van der Waals surface area contributed by atoms with E-state index in [-0.39, 0.29) is 29.8 Å². The van der Waals surface area contributed by atoms with Crippen molar-refractivity contribution in [2.45, 2.75) is 51.7 Å². The first-order valence-corrected chi connectivity index (χ1v) is 13.5. The second-order valence-electron chi connectivity index (χ2n) is 10.3. The molecule has 39 heavy (non-hydrogen) atoms. The summed E-state index contributed by atoms with van der Waals surface area (Å²) >= 11 is 0. The second kappa shape index (κ2) is 11.8. The third kappa shape index (κ3) is 6.19. The van der Waals surface area contributed by atoms with Crippen LogP contribution in [0, 0.1) is 5.92 Å². The summed E-state index contributed by atoms with van der Waals surface area (Å²) in [6, 6.07) is 7.97. The standard InChI is InChI=1S/C28H35N7O4/c1-4-24(36)34-11-8-20(17-34)26(37)31-21-7-5-6-19(14-21)15-29-27-33-28(39-22-9-12-38-13-10-22)32-25-23(18(2)3)16-30-35(25)27/h4-7,14,16,18,20,22H,1,8-13,15,17H2,2-3H3,(H,31,37)(H,29,32,33). The summed E-state index contributed by atoms with van der Waals surface area (Å²) in [7, 11) is 0. The van der Waals surface area contributed by atoms with Gasteiger partial charge in [-0.2, -0.15) is 19.6 Å². The number of amides is 2. The average molecular weight is 534 g/mol. The molecule has 11 heteroatoms. The summed E-state index contributed by atoms with van der Waals surface area (Å²) in [5.74, 6) is 0.291. The highest BCUT2D eigenvalue weighted by Crippen LogP contribution is 2.25. The van der Waals surface area contributed by atoms with Crippen LogP contribution in [0.4, 0.5) is 11.6 Å². The Hall–Kier alpha value is -3.99. The zero-order valence-electron chi connectivity index (χ0n) is 22.4. The molecule has 206 valence electrons. The quantitative estimate of drug-likeness (QED) is 0.401. The maximum atomic E-state index is 12.8. The highest BCUT2D eigenvalue weighted by Gasteiger charge is 2.30. The highest BCUT2D eigenvalue weighted by atomic mass is 16.5. The lowest BCUT2D eigenvalue weighted by molar-refractivity contribution is -0.125. The van der Waals surface area contributed by atoms with Crippen LogP contribution in [0.3, 0.4) is 0 Å².